The standard InChI is InChI=1S/C14H26N2O4S/c1-4-5-6-8-15-13(18)10(2)21-9-7-12(14(19)20)16-11(3)17/h10,12H,4-9H2,1-3H3,(H,15,18)(H,16,17)(H,19,20). The van der Waals surface area contributed by atoms with Gasteiger partial charge in [-0.15, -0.1) is 11.8 Å². The summed E-state index contributed by atoms with van der Waals surface area (Å²) in [6.07, 6.45) is 3.48. The van der Waals surface area contributed by atoms with Crippen LogP contribution in [0.1, 0.15) is 46.5 Å². The van der Waals surface area contributed by atoms with E-state index < -0.39 is 12.0 Å². The lowest BCUT2D eigenvalue weighted by atomic mass is 10.2. The summed E-state index contributed by atoms with van der Waals surface area (Å²) in [7, 11) is 0. The molecule has 7 heteroatoms. The zero-order valence-electron chi connectivity index (χ0n) is 13.0. The fourth-order valence-corrected chi connectivity index (χ4v) is 2.63. The fraction of sp³-hybridized carbons (Fsp3) is 0.786. The predicted octanol–water partition coefficient (Wildman–Crippen LogP) is 1.39. The molecule has 0 heterocycles. The van der Waals surface area contributed by atoms with E-state index in [0.717, 1.165) is 19.3 Å². The Labute approximate surface area is 130 Å². The van der Waals surface area contributed by atoms with E-state index in [2.05, 4.69) is 17.6 Å². The first-order valence-corrected chi connectivity index (χ1v) is 8.32. The first-order valence-electron chi connectivity index (χ1n) is 7.27. The minimum absolute atomic E-state index is 0.0255. The van der Waals surface area contributed by atoms with Crippen molar-refractivity contribution in [3.63, 3.8) is 0 Å². The summed E-state index contributed by atoms with van der Waals surface area (Å²) >= 11 is 1.39. The van der Waals surface area contributed by atoms with Crippen molar-refractivity contribution >= 4 is 29.5 Å². The average molecular weight is 318 g/mol. The molecule has 2 amide bonds. The molecule has 0 radical (unpaired) electrons. The van der Waals surface area contributed by atoms with Crippen LogP contribution in [-0.4, -0.2) is 46.5 Å². The van der Waals surface area contributed by atoms with Crippen LogP contribution in [0.15, 0.2) is 0 Å². The van der Waals surface area contributed by atoms with E-state index in [-0.39, 0.29) is 17.1 Å². The van der Waals surface area contributed by atoms with E-state index in [1.807, 2.05) is 0 Å². The Kier molecular flexibility index (Phi) is 10.7. The molecule has 2 atom stereocenters. The average Bonchev–Trinajstić information content (AvgIpc) is 2.41. The van der Waals surface area contributed by atoms with Gasteiger partial charge in [0.15, 0.2) is 0 Å². The van der Waals surface area contributed by atoms with E-state index in [0.29, 0.717) is 18.7 Å². The Morgan fingerprint density at radius 3 is 2.43 bits per heavy atom. The summed E-state index contributed by atoms with van der Waals surface area (Å²) in [6, 6.07) is -0.894. The van der Waals surface area contributed by atoms with Gasteiger partial charge in [0, 0.05) is 13.5 Å². The second kappa shape index (κ2) is 11.4. The maximum atomic E-state index is 11.8. The summed E-state index contributed by atoms with van der Waals surface area (Å²) in [6.45, 7) is 5.87. The summed E-state index contributed by atoms with van der Waals surface area (Å²) in [5.74, 6) is -0.944. The molecular formula is C14H26N2O4S. The van der Waals surface area contributed by atoms with Gasteiger partial charge >= 0.3 is 5.97 Å². The number of hydrogen-bond donors (Lipinski definition) is 3. The van der Waals surface area contributed by atoms with Crippen LogP contribution in [0, 0.1) is 0 Å². The Bertz CT molecular complexity index is 350. The second-order valence-corrected chi connectivity index (χ2v) is 6.34. The molecule has 0 aliphatic rings. The number of carbonyl (C=O) groups excluding carboxylic acids is 2. The SMILES string of the molecule is CCCCCNC(=O)C(C)SCCC(NC(C)=O)C(=O)O. The normalized spacial score (nSPS) is 13.3. The summed E-state index contributed by atoms with van der Waals surface area (Å²) in [4.78, 5) is 33.6. The number of rotatable bonds is 11. The van der Waals surface area contributed by atoms with Crippen LogP contribution in [0.5, 0.6) is 0 Å². The summed E-state index contributed by atoms with van der Waals surface area (Å²) in [5, 5.41) is 14.0. The quantitative estimate of drug-likeness (QED) is 0.500. The first-order chi connectivity index (χ1) is 9.88. The Balaban J connectivity index is 3.94. The highest BCUT2D eigenvalue weighted by Gasteiger charge is 2.19. The molecule has 6 nitrogen and oxygen atoms in total. The number of unbranched alkanes of at least 4 members (excludes halogenated alkanes) is 2. The van der Waals surface area contributed by atoms with Gasteiger partial charge in [0.05, 0.1) is 5.25 Å². The minimum atomic E-state index is -1.05. The number of nitrogens with one attached hydrogen (secondary N) is 2. The number of carboxylic acids is 1. The van der Waals surface area contributed by atoms with Crippen molar-refractivity contribution in [1.82, 2.24) is 10.6 Å². The van der Waals surface area contributed by atoms with Gasteiger partial charge in [0.25, 0.3) is 0 Å². The van der Waals surface area contributed by atoms with Crippen LogP contribution in [0.25, 0.3) is 0 Å². The minimum Gasteiger partial charge on any atom is -0.480 e. The van der Waals surface area contributed by atoms with Gasteiger partial charge in [-0.1, -0.05) is 19.8 Å². The van der Waals surface area contributed by atoms with E-state index in [4.69, 9.17) is 5.11 Å². The summed E-state index contributed by atoms with van der Waals surface area (Å²) < 4.78 is 0. The van der Waals surface area contributed by atoms with Crippen molar-refractivity contribution in [2.24, 2.45) is 0 Å². The largest absolute Gasteiger partial charge is 0.480 e. The molecule has 122 valence electrons. The Morgan fingerprint density at radius 2 is 1.90 bits per heavy atom. The molecule has 0 aliphatic heterocycles. The number of thioether (sulfide) groups is 1. The van der Waals surface area contributed by atoms with E-state index in [9.17, 15) is 14.4 Å². The molecular weight excluding hydrogens is 292 g/mol. The van der Waals surface area contributed by atoms with Gasteiger partial charge in [-0.2, -0.15) is 0 Å². The van der Waals surface area contributed by atoms with Gasteiger partial charge in [-0.25, -0.2) is 4.79 Å². The van der Waals surface area contributed by atoms with Crippen molar-refractivity contribution in [2.75, 3.05) is 12.3 Å². The van der Waals surface area contributed by atoms with Crippen LogP contribution in [0.3, 0.4) is 0 Å². The van der Waals surface area contributed by atoms with Gasteiger partial charge < -0.3 is 15.7 Å². The van der Waals surface area contributed by atoms with Crippen LogP contribution in [0.2, 0.25) is 0 Å². The molecule has 2 unspecified atom stereocenters. The molecule has 0 fully saturated rings. The molecule has 21 heavy (non-hydrogen) atoms. The molecule has 0 aliphatic carbocycles. The fourth-order valence-electron chi connectivity index (χ4n) is 1.67. The summed E-state index contributed by atoms with van der Waals surface area (Å²) in [5.41, 5.74) is 0. The van der Waals surface area contributed by atoms with Crippen molar-refractivity contribution < 1.29 is 19.5 Å². The second-order valence-electron chi connectivity index (χ2n) is 4.89. The molecule has 3 N–H and O–H groups in total. The molecule has 0 rings (SSSR count). The van der Waals surface area contributed by atoms with Crippen LogP contribution >= 0.6 is 11.8 Å². The van der Waals surface area contributed by atoms with Crippen LogP contribution in [0.4, 0.5) is 0 Å². The number of carboxylic acid groups (broad SMARTS) is 1. The maximum absolute atomic E-state index is 11.8. The van der Waals surface area contributed by atoms with Gasteiger partial charge in [-0.3, -0.25) is 9.59 Å². The van der Waals surface area contributed by atoms with Gasteiger partial charge in [0.2, 0.25) is 11.8 Å². The predicted molar refractivity (Wildman–Crippen MR) is 84.3 cm³/mol. The third-order valence-electron chi connectivity index (χ3n) is 2.90. The van der Waals surface area contributed by atoms with Gasteiger partial charge in [-0.05, 0) is 25.5 Å². The Hall–Kier alpha value is -1.24. The molecule has 0 aromatic rings. The van der Waals surface area contributed by atoms with Crippen molar-refractivity contribution in [2.45, 2.75) is 57.7 Å². The van der Waals surface area contributed by atoms with Crippen molar-refractivity contribution in [1.29, 1.82) is 0 Å². The third-order valence-corrected chi connectivity index (χ3v) is 4.08. The number of amides is 2. The zero-order chi connectivity index (χ0) is 16.3. The van der Waals surface area contributed by atoms with Crippen LogP contribution < -0.4 is 10.6 Å². The highest BCUT2D eigenvalue weighted by Crippen LogP contribution is 2.13. The molecule has 0 bridgehead atoms. The molecule has 0 spiro atoms. The molecule has 0 aromatic carbocycles. The first kappa shape index (κ1) is 19.8. The topological polar surface area (TPSA) is 95.5 Å². The lowest BCUT2D eigenvalue weighted by Gasteiger charge is -2.15. The number of hydrogen-bond acceptors (Lipinski definition) is 4. The maximum Gasteiger partial charge on any atom is 0.326 e. The highest BCUT2D eigenvalue weighted by molar-refractivity contribution is 8.00. The van der Waals surface area contributed by atoms with Crippen LogP contribution in [-0.2, 0) is 14.4 Å². The monoisotopic (exact) mass is 318 g/mol. The Morgan fingerprint density at radius 1 is 1.24 bits per heavy atom. The molecule has 0 saturated carbocycles. The third kappa shape index (κ3) is 10.2. The van der Waals surface area contributed by atoms with E-state index in [1.54, 1.807) is 6.92 Å². The molecule has 0 saturated heterocycles. The molecule has 0 aromatic heterocycles. The van der Waals surface area contributed by atoms with E-state index in [1.165, 1.54) is 18.7 Å². The zero-order valence-corrected chi connectivity index (χ0v) is 13.8. The van der Waals surface area contributed by atoms with E-state index >= 15 is 0 Å². The van der Waals surface area contributed by atoms with Crippen molar-refractivity contribution in [3.05, 3.63) is 0 Å². The lowest BCUT2D eigenvalue weighted by Crippen LogP contribution is -2.40. The number of aliphatic carboxylic acids is 1. The van der Waals surface area contributed by atoms with Gasteiger partial charge in [0.1, 0.15) is 6.04 Å². The highest BCUT2D eigenvalue weighted by atomic mass is 32.2. The lowest BCUT2D eigenvalue weighted by molar-refractivity contribution is -0.141. The smallest absolute Gasteiger partial charge is 0.326 e. The number of carbonyl (C=O) groups is 3. The van der Waals surface area contributed by atoms with Crippen molar-refractivity contribution in [3.8, 4) is 0 Å².